The van der Waals surface area contributed by atoms with Crippen molar-refractivity contribution in [2.24, 2.45) is 0 Å². The van der Waals surface area contributed by atoms with E-state index >= 15 is 0 Å². The summed E-state index contributed by atoms with van der Waals surface area (Å²) in [5.74, 6) is 1.69. The third kappa shape index (κ3) is 3.22. The van der Waals surface area contributed by atoms with Crippen molar-refractivity contribution in [1.29, 1.82) is 0 Å². The van der Waals surface area contributed by atoms with E-state index in [1.807, 2.05) is 27.0 Å². The fraction of sp³-hybridized carbons (Fsp3) is 0.714. The van der Waals surface area contributed by atoms with Crippen molar-refractivity contribution >= 4 is 5.82 Å². The molecule has 1 aliphatic rings. The average Bonchev–Trinajstić information content (AvgIpc) is 2.70. The van der Waals surface area contributed by atoms with Gasteiger partial charge in [-0.15, -0.1) is 0 Å². The third-order valence-electron chi connectivity index (χ3n) is 3.33. The molecule has 1 N–H and O–H groups in total. The average molecular weight is 265 g/mol. The largest absolute Gasteiger partial charge is 0.388 e. The van der Waals surface area contributed by atoms with Crippen LogP contribution in [0.15, 0.2) is 6.20 Å². The SMILES string of the molecule is CCc1cnc(C)nc1N1C[C@@H](O)[C@H](OC(C)C)C1. The van der Waals surface area contributed by atoms with Gasteiger partial charge in [-0.1, -0.05) is 6.92 Å². The van der Waals surface area contributed by atoms with E-state index in [1.54, 1.807) is 0 Å². The number of hydrogen-bond donors (Lipinski definition) is 1. The van der Waals surface area contributed by atoms with Crippen LogP contribution in [-0.2, 0) is 11.2 Å². The molecule has 1 fully saturated rings. The van der Waals surface area contributed by atoms with E-state index in [2.05, 4.69) is 21.8 Å². The lowest BCUT2D eigenvalue weighted by molar-refractivity contribution is -0.0386. The quantitative estimate of drug-likeness (QED) is 0.890. The molecule has 0 bridgehead atoms. The Labute approximate surface area is 114 Å². The maximum Gasteiger partial charge on any atom is 0.135 e. The lowest BCUT2D eigenvalue weighted by atomic mass is 10.2. The molecular weight excluding hydrogens is 242 g/mol. The van der Waals surface area contributed by atoms with Crippen LogP contribution < -0.4 is 4.90 Å². The second-order valence-corrected chi connectivity index (χ2v) is 5.32. The van der Waals surface area contributed by atoms with Gasteiger partial charge < -0.3 is 14.7 Å². The van der Waals surface area contributed by atoms with Gasteiger partial charge >= 0.3 is 0 Å². The first-order chi connectivity index (χ1) is 9.01. The van der Waals surface area contributed by atoms with Gasteiger partial charge in [0.25, 0.3) is 0 Å². The summed E-state index contributed by atoms with van der Waals surface area (Å²) in [6, 6.07) is 0. The number of hydrogen-bond acceptors (Lipinski definition) is 5. The summed E-state index contributed by atoms with van der Waals surface area (Å²) in [5.41, 5.74) is 1.11. The van der Waals surface area contributed by atoms with Crippen LogP contribution in [-0.4, -0.2) is 46.5 Å². The molecule has 1 aromatic rings. The molecule has 0 radical (unpaired) electrons. The summed E-state index contributed by atoms with van der Waals surface area (Å²) in [6.07, 6.45) is 2.29. The van der Waals surface area contributed by atoms with E-state index in [4.69, 9.17) is 4.74 Å². The molecule has 19 heavy (non-hydrogen) atoms. The molecule has 0 aliphatic carbocycles. The number of rotatable bonds is 4. The van der Waals surface area contributed by atoms with Gasteiger partial charge in [0, 0.05) is 24.8 Å². The van der Waals surface area contributed by atoms with Gasteiger partial charge in [0.1, 0.15) is 17.7 Å². The Kier molecular flexibility index (Phi) is 4.37. The van der Waals surface area contributed by atoms with Crippen LogP contribution in [0.3, 0.4) is 0 Å². The zero-order valence-corrected chi connectivity index (χ0v) is 12.1. The highest BCUT2D eigenvalue weighted by molar-refractivity contribution is 5.47. The van der Waals surface area contributed by atoms with Crippen molar-refractivity contribution < 1.29 is 9.84 Å². The molecule has 2 rings (SSSR count). The number of ether oxygens (including phenoxy) is 1. The molecule has 0 aromatic carbocycles. The van der Waals surface area contributed by atoms with Gasteiger partial charge in [-0.25, -0.2) is 9.97 Å². The van der Waals surface area contributed by atoms with Crippen molar-refractivity contribution in [3.05, 3.63) is 17.6 Å². The standard InChI is InChI=1S/C14H23N3O2/c1-5-11-6-15-10(4)16-14(11)17-7-12(18)13(8-17)19-9(2)3/h6,9,12-13,18H,5,7-8H2,1-4H3/t12-,13-/m1/s1. The molecule has 2 heterocycles. The van der Waals surface area contributed by atoms with Crippen molar-refractivity contribution in [1.82, 2.24) is 9.97 Å². The van der Waals surface area contributed by atoms with E-state index in [0.717, 1.165) is 23.6 Å². The maximum atomic E-state index is 10.1. The third-order valence-corrected chi connectivity index (χ3v) is 3.33. The molecule has 1 aliphatic heterocycles. The number of β-amino-alcohol motifs (C(OH)–C–C–N with tert-alkyl or cyclic N) is 1. The Balaban J connectivity index is 2.17. The summed E-state index contributed by atoms with van der Waals surface area (Å²) >= 11 is 0. The van der Waals surface area contributed by atoms with Gasteiger partial charge in [-0.2, -0.15) is 0 Å². The zero-order valence-electron chi connectivity index (χ0n) is 12.1. The first-order valence-corrected chi connectivity index (χ1v) is 6.92. The number of anilines is 1. The van der Waals surface area contributed by atoms with Crippen LogP contribution >= 0.6 is 0 Å². The van der Waals surface area contributed by atoms with E-state index in [9.17, 15) is 5.11 Å². The fourth-order valence-corrected chi connectivity index (χ4v) is 2.42. The minimum Gasteiger partial charge on any atom is -0.388 e. The molecule has 106 valence electrons. The van der Waals surface area contributed by atoms with Crippen molar-refractivity contribution in [2.75, 3.05) is 18.0 Å². The fourth-order valence-electron chi connectivity index (χ4n) is 2.42. The topological polar surface area (TPSA) is 58.5 Å². The van der Waals surface area contributed by atoms with Crippen molar-refractivity contribution in [2.45, 2.75) is 52.4 Å². The van der Waals surface area contributed by atoms with Crippen molar-refractivity contribution in [3.63, 3.8) is 0 Å². The second-order valence-electron chi connectivity index (χ2n) is 5.32. The van der Waals surface area contributed by atoms with Crippen molar-refractivity contribution in [3.8, 4) is 0 Å². The minimum atomic E-state index is -0.456. The van der Waals surface area contributed by atoms with Gasteiger partial charge in [0.15, 0.2) is 0 Å². The Hall–Kier alpha value is -1.20. The Bertz CT molecular complexity index is 437. The first kappa shape index (κ1) is 14.2. The number of aliphatic hydroxyl groups is 1. The number of aryl methyl sites for hydroxylation is 2. The number of aliphatic hydroxyl groups excluding tert-OH is 1. The molecule has 1 aromatic heterocycles. The van der Waals surface area contributed by atoms with Crippen LogP contribution in [0.4, 0.5) is 5.82 Å². The first-order valence-electron chi connectivity index (χ1n) is 6.92. The van der Waals surface area contributed by atoms with Gasteiger partial charge in [0.05, 0.1) is 12.2 Å². The maximum absolute atomic E-state index is 10.1. The summed E-state index contributed by atoms with van der Waals surface area (Å²) in [7, 11) is 0. The van der Waals surface area contributed by atoms with Crippen LogP contribution in [0.5, 0.6) is 0 Å². The van der Waals surface area contributed by atoms with Crippen LogP contribution in [0, 0.1) is 6.92 Å². The second kappa shape index (κ2) is 5.84. The highest BCUT2D eigenvalue weighted by atomic mass is 16.5. The lowest BCUT2D eigenvalue weighted by Crippen LogP contribution is -2.29. The lowest BCUT2D eigenvalue weighted by Gasteiger charge is -2.20. The predicted octanol–water partition coefficient (Wildman–Crippen LogP) is 1.32. The van der Waals surface area contributed by atoms with Crippen LogP contribution in [0.25, 0.3) is 0 Å². The van der Waals surface area contributed by atoms with Gasteiger partial charge in [-0.05, 0) is 27.2 Å². The van der Waals surface area contributed by atoms with Gasteiger partial charge in [-0.3, -0.25) is 0 Å². The summed E-state index contributed by atoms with van der Waals surface area (Å²) in [6.45, 7) is 9.21. The Morgan fingerprint density at radius 3 is 2.84 bits per heavy atom. The molecule has 2 atom stereocenters. The van der Waals surface area contributed by atoms with Crippen LogP contribution in [0.2, 0.25) is 0 Å². The zero-order chi connectivity index (χ0) is 14.0. The van der Waals surface area contributed by atoms with Crippen LogP contribution in [0.1, 0.15) is 32.2 Å². The monoisotopic (exact) mass is 265 g/mol. The number of nitrogens with zero attached hydrogens (tertiary/aromatic N) is 3. The summed E-state index contributed by atoms with van der Waals surface area (Å²) < 4.78 is 5.74. The normalized spacial score (nSPS) is 23.4. The highest BCUT2D eigenvalue weighted by Crippen LogP contribution is 2.24. The molecule has 1 saturated heterocycles. The smallest absolute Gasteiger partial charge is 0.135 e. The summed E-state index contributed by atoms with van der Waals surface area (Å²) in [5, 5.41) is 10.1. The molecule has 0 amide bonds. The van der Waals surface area contributed by atoms with E-state index in [1.165, 1.54) is 0 Å². The molecule has 0 unspecified atom stereocenters. The minimum absolute atomic E-state index is 0.123. The Morgan fingerprint density at radius 2 is 2.21 bits per heavy atom. The van der Waals surface area contributed by atoms with Gasteiger partial charge in [0.2, 0.25) is 0 Å². The van der Waals surface area contributed by atoms with E-state index < -0.39 is 6.10 Å². The molecule has 5 nitrogen and oxygen atoms in total. The summed E-state index contributed by atoms with van der Waals surface area (Å²) in [4.78, 5) is 10.9. The Morgan fingerprint density at radius 1 is 1.47 bits per heavy atom. The molecule has 5 heteroatoms. The van der Waals surface area contributed by atoms with E-state index in [0.29, 0.717) is 13.1 Å². The molecule has 0 saturated carbocycles. The van der Waals surface area contributed by atoms with E-state index in [-0.39, 0.29) is 12.2 Å². The number of aromatic nitrogens is 2. The molecule has 0 spiro atoms. The molecular formula is C14H23N3O2. The predicted molar refractivity (Wildman–Crippen MR) is 74.4 cm³/mol. The highest BCUT2D eigenvalue weighted by Gasteiger charge is 2.34.